The predicted octanol–water partition coefficient (Wildman–Crippen LogP) is -0.0981. The van der Waals surface area contributed by atoms with Crippen LogP contribution in [-0.4, -0.2) is 19.7 Å². The third kappa shape index (κ3) is 2.18. The van der Waals surface area contributed by atoms with Crippen LogP contribution < -0.4 is 0 Å². The first-order valence-electron chi connectivity index (χ1n) is 2.40. The van der Waals surface area contributed by atoms with Crippen LogP contribution in [0.25, 0.3) is 0 Å². The van der Waals surface area contributed by atoms with Gasteiger partial charge in [0.25, 0.3) is 0 Å². The lowest BCUT2D eigenvalue weighted by Crippen LogP contribution is -1.97. The van der Waals surface area contributed by atoms with E-state index in [2.05, 4.69) is 14.6 Å². The number of nitrogens with zero attached hydrogens (tertiary/aromatic N) is 3. The van der Waals surface area contributed by atoms with Crippen LogP contribution in [-0.2, 0) is 15.8 Å². The van der Waals surface area contributed by atoms with Gasteiger partial charge in [0.2, 0.25) is 0 Å². The second-order valence-corrected chi connectivity index (χ2v) is 2.16. The van der Waals surface area contributed by atoms with Gasteiger partial charge >= 0.3 is 8.25 Å². The minimum atomic E-state index is -2.54. The van der Waals surface area contributed by atoms with Crippen molar-refractivity contribution in [2.75, 3.05) is 0 Å². The Morgan fingerprint density at radius 1 is 1.80 bits per heavy atom. The Bertz CT molecular complexity index is 211. The molecule has 0 fully saturated rings. The van der Waals surface area contributed by atoms with Gasteiger partial charge in [-0.2, -0.15) is 5.10 Å². The standard InChI is InChI=1S/C3H4N3O3P/c7-10(8)9-3-6-2-4-1-5-6/h1-2H,3H2/p+1. The van der Waals surface area contributed by atoms with Gasteiger partial charge in [-0.25, -0.2) is 9.67 Å². The molecule has 0 saturated carbocycles. The van der Waals surface area contributed by atoms with Crippen molar-refractivity contribution in [3.8, 4) is 0 Å². The monoisotopic (exact) mass is 162 g/mol. The summed E-state index contributed by atoms with van der Waals surface area (Å²) < 4.78 is 15.6. The summed E-state index contributed by atoms with van der Waals surface area (Å²) in [6.07, 6.45) is 2.70. The molecule has 0 amide bonds. The Hall–Kier alpha value is -0.840. The van der Waals surface area contributed by atoms with Gasteiger partial charge < -0.3 is 0 Å². The molecule has 1 aromatic rings. The second-order valence-electron chi connectivity index (χ2n) is 1.43. The molecule has 0 aromatic carbocycles. The normalized spacial score (nSPS) is 11.5. The van der Waals surface area contributed by atoms with E-state index in [0.29, 0.717) is 0 Å². The predicted molar refractivity (Wildman–Crippen MR) is 30.9 cm³/mol. The molecule has 6 nitrogen and oxygen atoms in total. The maximum atomic E-state index is 9.96. The molecule has 0 aliphatic heterocycles. The summed E-state index contributed by atoms with van der Waals surface area (Å²) in [6.45, 7) is -0.0499. The van der Waals surface area contributed by atoms with Crippen molar-refractivity contribution in [3.63, 3.8) is 0 Å². The molecular formula is C3H5N3O3P+. The quantitative estimate of drug-likeness (QED) is 0.628. The fourth-order valence-corrected chi connectivity index (χ4v) is 0.625. The Labute approximate surface area is 57.4 Å². The topological polar surface area (TPSA) is 77.2 Å². The van der Waals surface area contributed by atoms with Gasteiger partial charge in [-0.15, -0.1) is 4.89 Å². The molecule has 0 saturated heterocycles. The molecule has 0 aliphatic carbocycles. The van der Waals surface area contributed by atoms with Crippen molar-refractivity contribution in [2.24, 2.45) is 0 Å². The molecule has 1 N–H and O–H groups in total. The minimum absolute atomic E-state index is 0.0499. The van der Waals surface area contributed by atoms with Gasteiger partial charge in [0.1, 0.15) is 12.7 Å². The first kappa shape index (κ1) is 7.27. The molecule has 1 rings (SSSR count). The summed E-state index contributed by atoms with van der Waals surface area (Å²) in [5.74, 6) is 0. The molecule has 1 atom stereocenters. The van der Waals surface area contributed by atoms with E-state index in [0.717, 1.165) is 0 Å². The largest absolute Gasteiger partial charge is 0.696 e. The summed E-state index contributed by atoms with van der Waals surface area (Å²) in [6, 6.07) is 0. The third-order valence-corrected chi connectivity index (χ3v) is 1.10. The van der Waals surface area contributed by atoms with Gasteiger partial charge in [0.15, 0.2) is 6.73 Å². The van der Waals surface area contributed by atoms with Crippen LogP contribution in [0, 0.1) is 0 Å². The molecule has 0 radical (unpaired) electrons. The van der Waals surface area contributed by atoms with Gasteiger partial charge in [-0.05, 0) is 0 Å². The zero-order chi connectivity index (χ0) is 7.40. The lowest BCUT2D eigenvalue weighted by atomic mass is 11.2. The van der Waals surface area contributed by atoms with Crippen molar-refractivity contribution in [1.29, 1.82) is 0 Å². The fourth-order valence-electron chi connectivity index (χ4n) is 0.408. The van der Waals surface area contributed by atoms with Gasteiger partial charge in [0, 0.05) is 4.57 Å². The molecule has 1 heterocycles. The van der Waals surface area contributed by atoms with Crippen LogP contribution in [0.2, 0.25) is 0 Å². The molecule has 1 unspecified atom stereocenters. The van der Waals surface area contributed by atoms with E-state index in [1.165, 1.54) is 17.3 Å². The Balaban J connectivity index is 2.35. The van der Waals surface area contributed by atoms with Crippen LogP contribution in [0.5, 0.6) is 0 Å². The first-order valence-corrected chi connectivity index (χ1v) is 3.53. The molecule has 10 heavy (non-hydrogen) atoms. The molecule has 0 bridgehead atoms. The van der Waals surface area contributed by atoms with Crippen molar-refractivity contribution < 1.29 is 14.0 Å². The van der Waals surface area contributed by atoms with E-state index < -0.39 is 8.25 Å². The summed E-state index contributed by atoms with van der Waals surface area (Å²) in [4.78, 5) is 11.8. The highest BCUT2D eigenvalue weighted by Crippen LogP contribution is 2.14. The third-order valence-electron chi connectivity index (χ3n) is 0.767. The molecule has 54 valence electrons. The number of hydrogen-bond donors (Lipinski definition) is 1. The Kier molecular flexibility index (Phi) is 2.44. The van der Waals surface area contributed by atoms with Crippen molar-refractivity contribution in [1.82, 2.24) is 14.8 Å². The number of aromatic nitrogens is 3. The van der Waals surface area contributed by atoms with E-state index in [1.807, 2.05) is 0 Å². The maximum Gasteiger partial charge on any atom is 0.696 e. The molecule has 0 spiro atoms. The summed E-state index contributed by atoms with van der Waals surface area (Å²) in [5.41, 5.74) is 0. The highest BCUT2D eigenvalue weighted by Gasteiger charge is 2.11. The van der Waals surface area contributed by atoms with E-state index in [4.69, 9.17) is 4.89 Å². The molecular weight excluding hydrogens is 157 g/mol. The zero-order valence-electron chi connectivity index (χ0n) is 4.91. The summed E-state index contributed by atoms with van der Waals surface area (Å²) >= 11 is 0. The molecule has 7 heteroatoms. The van der Waals surface area contributed by atoms with Gasteiger partial charge in [-0.1, -0.05) is 4.52 Å². The van der Waals surface area contributed by atoms with Crippen LogP contribution >= 0.6 is 8.25 Å². The lowest BCUT2D eigenvalue weighted by molar-refractivity contribution is 0.205. The summed E-state index contributed by atoms with van der Waals surface area (Å²) in [5, 5.41) is 3.63. The molecule has 0 aliphatic rings. The van der Waals surface area contributed by atoms with Gasteiger partial charge in [0.05, 0.1) is 0 Å². The smallest absolute Gasteiger partial charge is 0.223 e. The number of hydrogen-bond acceptors (Lipinski definition) is 4. The average Bonchev–Trinajstić information content (AvgIpc) is 2.34. The van der Waals surface area contributed by atoms with Crippen LogP contribution in [0.1, 0.15) is 0 Å². The summed E-state index contributed by atoms with van der Waals surface area (Å²) in [7, 11) is -2.54. The Morgan fingerprint density at radius 3 is 3.10 bits per heavy atom. The van der Waals surface area contributed by atoms with Crippen molar-refractivity contribution in [2.45, 2.75) is 6.73 Å². The van der Waals surface area contributed by atoms with Crippen molar-refractivity contribution >= 4 is 8.25 Å². The van der Waals surface area contributed by atoms with Crippen LogP contribution in [0.15, 0.2) is 12.7 Å². The molecule has 1 aromatic heterocycles. The SMILES string of the molecule is O=[P+](O)OCn1cncn1. The average molecular weight is 162 g/mol. The highest BCUT2D eigenvalue weighted by atomic mass is 31.1. The Morgan fingerprint density at radius 2 is 2.60 bits per heavy atom. The first-order chi connectivity index (χ1) is 4.79. The van der Waals surface area contributed by atoms with E-state index >= 15 is 0 Å². The van der Waals surface area contributed by atoms with Gasteiger partial charge in [-0.3, -0.25) is 0 Å². The zero-order valence-corrected chi connectivity index (χ0v) is 5.81. The number of rotatable bonds is 3. The second kappa shape index (κ2) is 3.36. The maximum absolute atomic E-state index is 9.96. The lowest BCUT2D eigenvalue weighted by Gasteiger charge is -1.87. The van der Waals surface area contributed by atoms with E-state index in [1.54, 1.807) is 0 Å². The van der Waals surface area contributed by atoms with Crippen LogP contribution in [0.4, 0.5) is 0 Å². The van der Waals surface area contributed by atoms with E-state index in [9.17, 15) is 4.57 Å². The fraction of sp³-hybridized carbons (Fsp3) is 0.333. The minimum Gasteiger partial charge on any atom is -0.223 e. The van der Waals surface area contributed by atoms with Crippen LogP contribution in [0.3, 0.4) is 0 Å². The van der Waals surface area contributed by atoms with E-state index in [-0.39, 0.29) is 6.73 Å². The highest BCUT2D eigenvalue weighted by molar-refractivity contribution is 7.32. The van der Waals surface area contributed by atoms with Crippen molar-refractivity contribution in [3.05, 3.63) is 12.7 Å².